The second-order valence-electron chi connectivity index (χ2n) is 4.70. The second-order valence-corrected chi connectivity index (χ2v) is 4.70. The number of ether oxygens (including phenoxy) is 2. The SMILES string of the molecule is CCOCCNC(=O)OCc1ccc(NC(C)C)cc1. The number of hydrogen-bond donors (Lipinski definition) is 2. The molecule has 1 aromatic rings. The van der Waals surface area contributed by atoms with E-state index in [0.29, 0.717) is 25.8 Å². The molecular weight excluding hydrogens is 256 g/mol. The molecule has 20 heavy (non-hydrogen) atoms. The summed E-state index contributed by atoms with van der Waals surface area (Å²) in [6.07, 6.45) is -0.422. The van der Waals surface area contributed by atoms with Gasteiger partial charge in [0.25, 0.3) is 0 Å². The van der Waals surface area contributed by atoms with Crippen molar-refractivity contribution in [3.63, 3.8) is 0 Å². The molecule has 0 aliphatic heterocycles. The van der Waals surface area contributed by atoms with E-state index < -0.39 is 6.09 Å². The van der Waals surface area contributed by atoms with Crippen LogP contribution in [0.5, 0.6) is 0 Å². The van der Waals surface area contributed by atoms with Crippen molar-refractivity contribution in [1.29, 1.82) is 0 Å². The van der Waals surface area contributed by atoms with Gasteiger partial charge in [0, 0.05) is 24.9 Å². The number of anilines is 1. The standard InChI is InChI=1S/C15H24N2O3/c1-4-19-10-9-16-15(18)20-11-13-5-7-14(8-6-13)17-12(2)3/h5-8,12,17H,4,9-11H2,1-3H3,(H,16,18). The van der Waals surface area contributed by atoms with Crippen LogP contribution < -0.4 is 10.6 Å². The molecule has 5 heteroatoms. The lowest BCUT2D eigenvalue weighted by molar-refractivity contribution is 0.124. The zero-order valence-corrected chi connectivity index (χ0v) is 12.4. The maximum absolute atomic E-state index is 11.4. The van der Waals surface area contributed by atoms with Crippen LogP contribution in [0.2, 0.25) is 0 Å². The minimum absolute atomic E-state index is 0.266. The summed E-state index contributed by atoms with van der Waals surface area (Å²) < 4.78 is 10.2. The van der Waals surface area contributed by atoms with Gasteiger partial charge in [0.1, 0.15) is 6.61 Å². The number of nitrogens with one attached hydrogen (secondary N) is 2. The molecule has 0 bridgehead atoms. The molecule has 1 rings (SSSR count). The van der Waals surface area contributed by atoms with Crippen LogP contribution in [0.15, 0.2) is 24.3 Å². The summed E-state index contributed by atoms with van der Waals surface area (Å²) in [5.74, 6) is 0. The number of alkyl carbamates (subject to hydrolysis) is 1. The predicted molar refractivity (Wildman–Crippen MR) is 79.9 cm³/mol. The highest BCUT2D eigenvalue weighted by molar-refractivity contribution is 5.67. The van der Waals surface area contributed by atoms with Crippen LogP contribution in [-0.4, -0.2) is 31.9 Å². The van der Waals surface area contributed by atoms with Crippen LogP contribution in [0.3, 0.4) is 0 Å². The van der Waals surface area contributed by atoms with Gasteiger partial charge in [0.05, 0.1) is 6.61 Å². The van der Waals surface area contributed by atoms with E-state index in [-0.39, 0.29) is 6.61 Å². The first-order valence-electron chi connectivity index (χ1n) is 6.95. The van der Waals surface area contributed by atoms with Gasteiger partial charge in [-0.2, -0.15) is 0 Å². The van der Waals surface area contributed by atoms with Crippen molar-refractivity contribution in [2.24, 2.45) is 0 Å². The lowest BCUT2D eigenvalue weighted by Gasteiger charge is -2.11. The van der Waals surface area contributed by atoms with Crippen molar-refractivity contribution in [2.45, 2.75) is 33.4 Å². The molecule has 0 radical (unpaired) electrons. The first-order valence-corrected chi connectivity index (χ1v) is 6.95. The maximum Gasteiger partial charge on any atom is 0.407 e. The Hall–Kier alpha value is -1.75. The van der Waals surface area contributed by atoms with Crippen LogP contribution in [0, 0.1) is 0 Å². The van der Waals surface area contributed by atoms with Gasteiger partial charge in [-0.25, -0.2) is 4.79 Å². The summed E-state index contributed by atoms with van der Waals surface area (Å²) in [4.78, 5) is 11.4. The predicted octanol–water partition coefficient (Wildman–Crippen LogP) is 2.77. The summed E-state index contributed by atoms with van der Waals surface area (Å²) in [7, 11) is 0. The smallest absolute Gasteiger partial charge is 0.407 e. The Morgan fingerprint density at radius 1 is 1.25 bits per heavy atom. The van der Waals surface area contributed by atoms with Crippen LogP contribution in [0.25, 0.3) is 0 Å². The molecule has 0 fully saturated rings. The van der Waals surface area contributed by atoms with Gasteiger partial charge < -0.3 is 20.1 Å². The quantitative estimate of drug-likeness (QED) is 0.719. The Morgan fingerprint density at radius 3 is 2.55 bits per heavy atom. The molecule has 2 N–H and O–H groups in total. The number of rotatable bonds is 8. The zero-order valence-electron chi connectivity index (χ0n) is 12.4. The number of carbonyl (C=O) groups excluding carboxylic acids is 1. The van der Waals surface area contributed by atoms with Gasteiger partial charge >= 0.3 is 6.09 Å². The van der Waals surface area contributed by atoms with Crippen molar-refractivity contribution in [3.8, 4) is 0 Å². The topological polar surface area (TPSA) is 59.6 Å². The zero-order chi connectivity index (χ0) is 14.8. The highest BCUT2D eigenvalue weighted by atomic mass is 16.5. The molecule has 112 valence electrons. The van der Waals surface area contributed by atoms with Crippen molar-refractivity contribution in [1.82, 2.24) is 5.32 Å². The van der Waals surface area contributed by atoms with E-state index in [9.17, 15) is 4.79 Å². The summed E-state index contributed by atoms with van der Waals surface area (Å²) in [5, 5.41) is 5.93. The van der Waals surface area contributed by atoms with Crippen LogP contribution in [0.4, 0.5) is 10.5 Å². The Morgan fingerprint density at radius 2 is 1.95 bits per heavy atom. The van der Waals surface area contributed by atoms with Crippen LogP contribution in [-0.2, 0) is 16.1 Å². The molecule has 0 atom stereocenters. The summed E-state index contributed by atoms with van der Waals surface area (Å²) >= 11 is 0. The number of carbonyl (C=O) groups is 1. The lowest BCUT2D eigenvalue weighted by atomic mass is 10.2. The van der Waals surface area contributed by atoms with Crippen LogP contribution >= 0.6 is 0 Å². The minimum Gasteiger partial charge on any atom is -0.445 e. The van der Waals surface area contributed by atoms with Crippen molar-refractivity contribution < 1.29 is 14.3 Å². The molecule has 0 spiro atoms. The minimum atomic E-state index is -0.422. The van der Waals surface area contributed by atoms with Gasteiger partial charge in [-0.1, -0.05) is 12.1 Å². The first kappa shape index (κ1) is 16.3. The van der Waals surface area contributed by atoms with E-state index in [4.69, 9.17) is 9.47 Å². The third kappa shape index (κ3) is 6.99. The normalized spacial score (nSPS) is 10.4. The van der Waals surface area contributed by atoms with Gasteiger partial charge in [0.15, 0.2) is 0 Å². The van der Waals surface area contributed by atoms with E-state index in [1.165, 1.54) is 0 Å². The monoisotopic (exact) mass is 280 g/mol. The number of benzene rings is 1. The van der Waals surface area contributed by atoms with Gasteiger partial charge in [0.2, 0.25) is 0 Å². The van der Waals surface area contributed by atoms with E-state index in [0.717, 1.165) is 11.3 Å². The fourth-order valence-corrected chi connectivity index (χ4v) is 1.60. The molecule has 0 aromatic heterocycles. The molecule has 1 aromatic carbocycles. The Balaban J connectivity index is 2.25. The molecule has 0 aliphatic rings. The summed E-state index contributed by atoms with van der Waals surface area (Å²) in [5.41, 5.74) is 2.02. The fourth-order valence-electron chi connectivity index (χ4n) is 1.60. The highest BCUT2D eigenvalue weighted by Crippen LogP contribution is 2.11. The summed E-state index contributed by atoms with van der Waals surface area (Å²) in [6, 6.07) is 8.24. The van der Waals surface area contributed by atoms with E-state index in [1.54, 1.807) is 0 Å². The van der Waals surface area contributed by atoms with Crippen molar-refractivity contribution >= 4 is 11.8 Å². The highest BCUT2D eigenvalue weighted by Gasteiger charge is 2.02. The Labute approximate surface area is 120 Å². The van der Waals surface area contributed by atoms with E-state index in [2.05, 4.69) is 24.5 Å². The van der Waals surface area contributed by atoms with Crippen molar-refractivity contribution in [2.75, 3.05) is 25.1 Å². The molecule has 1 amide bonds. The average molecular weight is 280 g/mol. The third-order valence-electron chi connectivity index (χ3n) is 2.50. The molecule has 0 heterocycles. The van der Waals surface area contributed by atoms with Gasteiger partial charge in [-0.05, 0) is 38.5 Å². The average Bonchev–Trinajstić information content (AvgIpc) is 2.42. The fraction of sp³-hybridized carbons (Fsp3) is 0.533. The number of hydrogen-bond acceptors (Lipinski definition) is 4. The first-order chi connectivity index (χ1) is 9.61. The largest absolute Gasteiger partial charge is 0.445 e. The molecule has 0 saturated heterocycles. The maximum atomic E-state index is 11.4. The second kappa shape index (κ2) is 9.20. The molecule has 0 unspecified atom stereocenters. The van der Waals surface area contributed by atoms with Gasteiger partial charge in [-0.3, -0.25) is 0 Å². The van der Waals surface area contributed by atoms with E-state index in [1.807, 2.05) is 31.2 Å². The third-order valence-corrected chi connectivity index (χ3v) is 2.50. The summed E-state index contributed by atoms with van der Waals surface area (Å²) in [6.45, 7) is 7.96. The molecule has 5 nitrogen and oxygen atoms in total. The molecular formula is C15H24N2O3. The van der Waals surface area contributed by atoms with Crippen molar-refractivity contribution in [3.05, 3.63) is 29.8 Å². The van der Waals surface area contributed by atoms with Gasteiger partial charge in [-0.15, -0.1) is 0 Å². The Kier molecular flexibility index (Phi) is 7.50. The lowest BCUT2D eigenvalue weighted by Crippen LogP contribution is -2.27. The van der Waals surface area contributed by atoms with Crippen LogP contribution in [0.1, 0.15) is 26.3 Å². The molecule has 0 aliphatic carbocycles. The Bertz CT molecular complexity index is 391. The molecule has 0 saturated carbocycles. The number of amides is 1. The van der Waals surface area contributed by atoms with E-state index >= 15 is 0 Å².